The molecular formula is C23H22F2N4O2S. The van der Waals surface area contributed by atoms with E-state index in [1.165, 1.54) is 35.7 Å². The molecule has 2 aromatic carbocycles. The van der Waals surface area contributed by atoms with Crippen molar-refractivity contribution < 1.29 is 18.3 Å². The van der Waals surface area contributed by atoms with Crippen LogP contribution in [0.3, 0.4) is 0 Å². The second-order valence-corrected chi connectivity index (χ2v) is 8.54. The van der Waals surface area contributed by atoms with Crippen LogP contribution in [-0.2, 0) is 4.79 Å². The molecule has 0 saturated heterocycles. The van der Waals surface area contributed by atoms with E-state index in [2.05, 4.69) is 22.1 Å². The zero-order chi connectivity index (χ0) is 22.8. The normalized spacial score (nSPS) is 14.9. The number of aromatic nitrogens is 3. The standard InChI is InChI=1S/C23H22F2N4O2S/c1-4-5-11-32-23-26-21-20(27-28-23)16-12-13(2)9-10-18(16)29(14(3)30)22(31-21)15-7-6-8-17(24)19(15)25/h6-10,12,22H,4-5,11H2,1-3H3/t22-/m0/s1. The molecule has 1 amide bonds. The minimum Gasteiger partial charge on any atom is -0.447 e. The summed E-state index contributed by atoms with van der Waals surface area (Å²) >= 11 is 1.44. The second-order valence-electron chi connectivity index (χ2n) is 7.47. The molecule has 0 aliphatic carbocycles. The Balaban J connectivity index is 1.92. The van der Waals surface area contributed by atoms with Crippen LogP contribution in [0.25, 0.3) is 11.3 Å². The van der Waals surface area contributed by atoms with Gasteiger partial charge in [0.2, 0.25) is 23.2 Å². The molecular weight excluding hydrogens is 434 g/mol. The maximum Gasteiger partial charge on any atom is 0.247 e. The van der Waals surface area contributed by atoms with Gasteiger partial charge in [0.1, 0.15) is 0 Å². The largest absolute Gasteiger partial charge is 0.447 e. The quantitative estimate of drug-likeness (QED) is 0.375. The lowest BCUT2D eigenvalue weighted by Crippen LogP contribution is -2.36. The van der Waals surface area contributed by atoms with Gasteiger partial charge >= 0.3 is 0 Å². The molecule has 3 aromatic rings. The zero-order valence-electron chi connectivity index (χ0n) is 17.9. The Bertz CT molecular complexity index is 1170. The number of amides is 1. The number of rotatable bonds is 5. The summed E-state index contributed by atoms with van der Waals surface area (Å²) in [7, 11) is 0. The van der Waals surface area contributed by atoms with Gasteiger partial charge in [-0.2, -0.15) is 4.98 Å². The topological polar surface area (TPSA) is 68.2 Å². The average Bonchev–Trinajstić information content (AvgIpc) is 2.90. The van der Waals surface area contributed by atoms with E-state index in [4.69, 9.17) is 4.74 Å². The fraction of sp³-hybridized carbons (Fsp3) is 0.304. The predicted molar refractivity (Wildman–Crippen MR) is 119 cm³/mol. The molecule has 0 saturated carbocycles. The van der Waals surface area contributed by atoms with Crippen LogP contribution in [0.4, 0.5) is 14.5 Å². The van der Waals surface area contributed by atoms with Crippen LogP contribution in [0.5, 0.6) is 5.88 Å². The zero-order valence-corrected chi connectivity index (χ0v) is 18.7. The third-order valence-corrected chi connectivity index (χ3v) is 6.00. The van der Waals surface area contributed by atoms with Gasteiger partial charge < -0.3 is 4.74 Å². The molecule has 0 unspecified atom stereocenters. The highest BCUT2D eigenvalue weighted by Gasteiger charge is 2.36. The number of anilines is 1. The summed E-state index contributed by atoms with van der Waals surface area (Å²) in [4.78, 5) is 18.5. The number of aryl methyl sites for hydroxylation is 1. The molecule has 1 aromatic heterocycles. The Morgan fingerprint density at radius 2 is 2.03 bits per heavy atom. The lowest BCUT2D eigenvalue weighted by atomic mass is 10.0. The van der Waals surface area contributed by atoms with Crippen molar-refractivity contribution in [3.8, 4) is 17.1 Å². The van der Waals surface area contributed by atoms with Crippen molar-refractivity contribution >= 4 is 23.4 Å². The van der Waals surface area contributed by atoms with E-state index in [9.17, 15) is 13.6 Å². The van der Waals surface area contributed by atoms with Gasteiger partial charge in [0.05, 0.1) is 11.3 Å². The number of hydrogen-bond acceptors (Lipinski definition) is 6. The van der Waals surface area contributed by atoms with Gasteiger partial charge in [-0.3, -0.25) is 9.69 Å². The highest BCUT2D eigenvalue weighted by molar-refractivity contribution is 7.99. The first kappa shape index (κ1) is 22.1. The van der Waals surface area contributed by atoms with Gasteiger partial charge in [0.25, 0.3) is 0 Å². The highest BCUT2D eigenvalue weighted by atomic mass is 32.2. The lowest BCUT2D eigenvalue weighted by molar-refractivity contribution is -0.118. The summed E-state index contributed by atoms with van der Waals surface area (Å²) < 4.78 is 35.0. The summed E-state index contributed by atoms with van der Waals surface area (Å²) in [6, 6.07) is 9.20. The Morgan fingerprint density at radius 1 is 1.22 bits per heavy atom. The molecule has 0 radical (unpaired) electrons. The fourth-order valence-electron chi connectivity index (χ4n) is 3.50. The summed E-state index contributed by atoms with van der Waals surface area (Å²) in [5.74, 6) is -1.58. The summed E-state index contributed by atoms with van der Waals surface area (Å²) in [6.45, 7) is 5.34. The van der Waals surface area contributed by atoms with Crippen LogP contribution in [0.15, 0.2) is 41.6 Å². The Hall–Kier alpha value is -3.07. The molecule has 32 heavy (non-hydrogen) atoms. The number of carbonyl (C=O) groups excluding carboxylic acids is 1. The number of hydrogen-bond donors (Lipinski definition) is 0. The molecule has 1 aliphatic heterocycles. The molecule has 1 atom stereocenters. The van der Waals surface area contributed by atoms with Crippen LogP contribution < -0.4 is 9.64 Å². The van der Waals surface area contributed by atoms with Crippen molar-refractivity contribution in [1.82, 2.24) is 15.2 Å². The molecule has 0 spiro atoms. The fourth-order valence-corrected chi connectivity index (χ4v) is 4.36. The molecule has 166 valence electrons. The van der Waals surface area contributed by atoms with Gasteiger partial charge in [-0.15, -0.1) is 10.2 Å². The monoisotopic (exact) mass is 456 g/mol. The van der Waals surface area contributed by atoms with Crippen molar-refractivity contribution in [1.29, 1.82) is 0 Å². The molecule has 4 rings (SSSR count). The highest BCUT2D eigenvalue weighted by Crippen LogP contribution is 2.44. The van der Waals surface area contributed by atoms with Crippen molar-refractivity contribution in [2.24, 2.45) is 0 Å². The van der Waals surface area contributed by atoms with Gasteiger partial charge in [-0.25, -0.2) is 8.78 Å². The molecule has 0 bridgehead atoms. The first-order valence-electron chi connectivity index (χ1n) is 10.3. The first-order valence-corrected chi connectivity index (χ1v) is 11.3. The Kier molecular flexibility index (Phi) is 6.36. The lowest BCUT2D eigenvalue weighted by Gasteiger charge is -2.30. The van der Waals surface area contributed by atoms with Crippen molar-refractivity contribution in [2.45, 2.75) is 45.0 Å². The molecule has 0 N–H and O–H groups in total. The van der Waals surface area contributed by atoms with E-state index in [-0.39, 0.29) is 11.4 Å². The number of thioether (sulfide) groups is 1. The molecule has 0 fully saturated rings. The number of ether oxygens (including phenoxy) is 1. The van der Waals surface area contributed by atoms with E-state index in [1.54, 1.807) is 6.07 Å². The van der Waals surface area contributed by atoms with E-state index < -0.39 is 23.8 Å². The van der Waals surface area contributed by atoms with Gasteiger partial charge in [0.15, 0.2) is 17.3 Å². The average molecular weight is 457 g/mol. The van der Waals surface area contributed by atoms with Crippen molar-refractivity contribution in [3.63, 3.8) is 0 Å². The predicted octanol–water partition coefficient (Wildman–Crippen LogP) is 5.46. The summed E-state index contributed by atoms with van der Waals surface area (Å²) in [5, 5.41) is 8.97. The van der Waals surface area contributed by atoms with Gasteiger partial charge in [-0.05, 0) is 31.5 Å². The Labute approximate surface area is 189 Å². The SMILES string of the molecule is CCCCSc1nnc2c(n1)O[C@@H](c1cccc(F)c1F)N(C(C)=O)c1ccc(C)cc1-2. The number of nitrogens with zero attached hydrogens (tertiary/aromatic N) is 4. The maximum atomic E-state index is 14.8. The maximum absolute atomic E-state index is 14.8. The van der Waals surface area contributed by atoms with Crippen LogP contribution in [0.2, 0.25) is 0 Å². The number of benzene rings is 2. The first-order chi connectivity index (χ1) is 15.4. The molecule has 2 heterocycles. The van der Waals surface area contributed by atoms with Gasteiger partial charge in [0, 0.05) is 18.2 Å². The minimum absolute atomic E-state index is 0.113. The number of carbonyl (C=O) groups is 1. The molecule has 6 nitrogen and oxygen atoms in total. The van der Waals surface area contributed by atoms with Gasteiger partial charge in [-0.1, -0.05) is 48.9 Å². The van der Waals surface area contributed by atoms with Crippen LogP contribution in [0, 0.1) is 18.6 Å². The van der Waals surface area contributed by atoms with Crippen LogP contribution in [0.1, 0.15) is 44.0 Å². The van der Waals surface area contributed by atoms with E-state index >= 15 is 0 Å². The van der Waals surface area contributed by atoms with Crippen LogP contribution in [-0.4, -0.2) is 26.8 Å². The van der Waals surface area contributed by atoms with E-state index in [0.29, 0.717) is 22.1 Å². The summed E-state index contributed by atoms with van der Waals surface area (Å²) in [6.07, 6.45) is 0.753. The molecule has 1 aliphatic rings. The third-order valence-electron chi connectivity index (χ3n) is 5.08. The molecule has 9 heteroatoms. The number of fused-ring (bicyclic) bond motifs is 3. The van der Waals surface area contributed by atoms with Crippen LogP contribution >= 0.6 is 11.8 Å². The minimum atomic E-state index is -1.27. The van der Waals surface area contributed by atoms with Crippen molar-refractivity contribution in [2.75, 3.05) is 10.7 Å². The summed E-state index contributed by atoms with van der Waals surface area (Å²) in [5.41, 5.74) is 2.20. The van der Waals surface area contributed by atoms with Crippen molar-refractivity contribution in [3.05, 3.63) is 59.2 Å². The van der Waals surface area contributed by atoms with E-state index in [1.807, 2.05) is 19.1 Å². The third kappa shape index (κ3) is 4.17. The number of halogens is 2. The van der Waals surface area contributed by atoms with E-state index in [0.717, 1.165) is 30.2 Å². The second kappa shape index (κ2) is 9.20. The smallest absolute Gasteiger partial charge is 0.247 e. The number of unbranched alkanes of at least 4 members (excludes halogenated alkanes) is 1. The Morgan fingerprint density at radius 3 is 2.78 bits per heavy atom.